The van der Waals surface area contributed by atoms with Gasteiger partial charge < -0.3 is 9.64 Å². The molecule has 3 fully saturated rings. The second kappa shape index (κ2) is 6.33. The first kappa shape index (κ1) is 14.7. The van der Waals surface area contributed by atoms with Crippen molar-refractivity contribution in [1.82, 2.24) is 4.90 Å². The van der Waals surface area contributed by atoms with E-state index in [-0.39, 0.29) is 5.60 Å². The number of hydrogen-bond acceptors (Lipinski definition) is 2. The Labute approximate surface area is 134 Å². The average molecular weight is 299 g/mol. The number of ether oxygens (including phenoxy) is 1. The Morgan fingerprint density at radius 1 is 0.909 bits per heavy atom. The highest BCUT2D eigenvalue weighted by molar-refractivity contribution is 5.31. The van der Waals surface area contributed by atoms with Crippen LogP contribution in [0.1, 0.15) is 56.9 Å². The minimum Gasteiger partial charge on any atom is -0.359 e. The fourth-order valence-electron chi connectivity index (χ4n) is 4.83. The van der Waals surface area contributed by atoms with Crippen molar-refractivity contribution in [2.45, 2.75) is 63.1 Å². The molecule has 0 radical (unpaired) electrons. The molecule has 1 saturated carbocycles. The second-order valence-corrected chi connectivity index (χ2v) is 7.46. The van der Waals surface area contributed by atoms with Gasteiger partial charge in [0.05, 0.1) is 0 Å². The summed E-state index contributed by atoms with van der Waals surface area (Å²) in [6.45, 7) is 3.69. The van der Waals surface area contributed by atoms with Crippen molar-refractivity contribution in [2.24, 2.45) is 5.92 Å². The summed E-state index contributed by atoms with van der Waals surface area (Å²) in [7, 11) is 0. The maximum absolute atomic E-state index is 6.49. The van der Waals surface area contributed by atoms with Crippen molar-refractivity contribution in [2.75, 3.05) is 19.6 Å². The van der Waals surface area contributed by atoms with Crippen molar-refractivity contribution in [1.29, 1.82) is 0 Å². The largest absolute Gasteiger partial charge is 0.359 e. The minimum absolute atomic E-state index is 0.0408. The number of hydrogen-bond donors (Lipinski definition) is 0. The minimum atomic E-state index is 0.0408. The molecular formula is C20H29NO. The van der Waals surface area contributed by atoms with E-state index in [9.17, 15) is 0 Å². The fraction of sp³-hybridized carbons (Fsp3) is 0.700. The molecule has 1 aliphatic carbocycles. The summed E-state index contributed by atoms with van der Waals surface area (Å²) < 4.78 is 6.49. The number of rotatable bonds is 4. The van der Waals surface area contributed by atoms with Crippen molar-refractivity contribution >= 4 is 0 Å². The monoisotopic (exact) mass is 299 g/mol. The predicted octanol–water partition coefficient (Wildman–Crippen LogP) is 4.35. The Hall–Kier alpha value is -0.860. The molecule has 3 aliphatic rings. The lowest BCUT2D eigenvalue weighted by Gasteiger charge is -2.30. The number of epoxide rings is 1. The molecule has 0 unspecified atom stereocenters. The van der Waals surface area contributed by atoms with E-state index in [0.717, 1.165) is 12.5 Å². The highest BCUT2D eigenvalue weighted by Crippen LogP contribution is 2.56. The molecular weight excluding hydrogens is 270 g/mol. The molecule has 2 heterocycles. The number of nitrogens with zero attached hydrogens (tertiary/aromatic N) is 1. The maximum atomic E-state index is 6.49. The second-order valence-electron chi connectivity index (χ2n) is 7.46. The summed E-state index contributed by atoms with van der Waals surface area (Å²) in [6.07, 6.45) is 11.5. The molecule has 120 valence electrons. The quantitative estimate of drug-likeness (QED) is 0.768. The molecule has 0 amide bonds. The molecule has 2 heteroatoms. The molecule has 22 heavy (non-hydrogen) atoms. The smallest absolute Gasteiger partial charge is 0.124 e. The van der Waals surface area contributed by atoms with Crippen LogP contribution in [-0.2, 0) is 10.3 Å². The van der Waals surface area contributed by atoms with E-state index in [4.69, 9.17) is 4.74 Å². The van der Waals surface area contributed by atoms with Crippen molar-refractivity contribution in [3.05, 3.63) is 35.9 Å². The van der Waals surface area contributed by atoms with Gasteiger partial charge in [-0.15, -0.1) is 0 Å². The highest BCUT2D eigenvalue weighted by Gasteiger charge is 2.62. The molecule has 4 rings (SSSR count). The van der Waals surface area contributed by atoms with Gasteiger partial charge in [-0.3, -0.25) is 0 Å². The summed E-state index contributed by atoms with van der Waals surface area (Å²) in [5.74, 6) is 0.735. The van der Waals surface area contributed by atoms with Gasteiger partial charge in [0.1, 0.15) is 11.7 Å². The molecule has 2 nitrogen and oxygen atoms in total. The van der Waals surface area contributed by atoms with Gasteiger partial charge >= 0.3 is 0 Å². The Morgan fingerprint density at radius 3 is 2.32 bits per heavy atom. The lowest BCUT2D eigenvalue weighted by atomic mass is 9.74. The third kappa shape index (κ3) is 2.72. The molecule has 2 atom stereocenters. The molecule has 0 bridgehead atoms. The molecule has 0 N–H and O–H groups in total. The molecule has 0 spiro atoms. The maximum Gasteiger partial charge on any atom is 0.124 e. The number of likely N-dealkylation sites (tertiary alicyclic amines) is 1. The van der Waals surface area contributed by atoms with Crippen LogP contribution < -0.4 is 0 Å². The van der Waals surface area contributed by atoms with Crippen LogP contribution in [-0.4, -0.2) is 30.6 Å². The third-order valence-corrected chi connectivity index (χ3v) is 6.07. The van der Waals surface area contributed by atoms with Crippen molar-refractivity contribution in [3.8, 4) is 0 Å². The summed E-state index contributed by atoms with van der Waals surface area (Å²) in [4.78, 5) is 2.64. The first-order chi connectivity index (χ1) is 10.9. The first-order valence-electron chi connectivity index (χ1n) is 9.35. The van der Waals surface area contributed by atoms with Gasteiger partial charge in [0.25, 0.3) is 0 Å². The average Bonchev–Trinajstić information content (AvgIpc) is 3.32. The van der Waals surface area contributed by atoms with Gasteiger partial charge in [0, 0.05) is 6.54 Å². The third-order valence-electron chi connectivity index (χ3n) is 6.07. The lowest BCUT2D eigenvalue weighted by molar-refractivity contribution is 0.171. The van der Waals surface area contributed by atoms with E-state index in [0.29, 0.717) is 6.10 Å². The topological polar surface area (TPSA) is 15.8 Å². The van der Waals surface area contributed by atoms with Crippen LogP contribution in [0.15, 0.2) is 30.3 Å². The summed E-state index contributed by atoms with van der Waals surface area (Å²) in [5, 5.41) is 0. The van der Waals surface area contributed by atoms with Crippen LogP contribution in [0, 0.1) is 5.92 Å². The normalized spacial score (nSPS) is 33.7. The molecule has 1 aromatic rings. The van der Waals surface area contributed by atoms with Gasteiger partial charge in [-0.2, -0.15) is 0 Å². The Kier molecular flexibility index (Phi) is 4.23. The van der Waals surface area contributed by atoms with E-state index in [1.807, 2.05) is 0 Å². The van der Waals surface area contributed by atoms with E-state index in [2.05, 4.69) is 35.2 Å². The summed E-state index contributed by atoms with van der Waals surface area (Å²) in [6, 6.07) is 11.1. The summed E-state index contributed by atoms with van der Waals surface area (Å²) in [5.41, 5.74) is 1.47. The lowest BCUT2D eigenvalue weighted by Crippen LogP contribution is -2.36. The van der Waals surface area contributed by atoms with Crippen LogP contribution in [0.25, 0.3) is 0 Å². The highest BCUT2D eigenvalue weighted by atomic mass is 16.6. The molecule has 0 aromatic heterocycles. The van der Waals surface area contributed by atoms with Gasteiger partial charge in [-0.25, -0.2) is 0 Å². The van der Waals surface area contributed by atoms with Crippen LogP contribution in [0.5, 0.6) is 0 Å². The van der Waals surface area contributed by atoms with Gasteiger partial charge in [0.15, 0.2) is 0 Å². The fourth-order valence-corrected chi connectivity index (χ4v) is 4.83. The Bertz CT molecular complexity index is 476. The van der Waals surface area contributed by atoms with Gasteiger partial charge in [0.2, 0.25) is 0 Å². The zero-order valence-electron chi connectivity index (χ0n) is 13.7. The SMILES string of the molecule is c1ccc([C@]2(C3CCCCC3)O[C@H]2CN2CCCCC2)cc1. The van der Waals surface area contributed by atoms with Crippen molar-refractivity contribution in [3.63, 3.8) is 0 Å². The van der Waals surface area contributed by atoms with E-state index in [1.54, 1.807) is 0 Å². The van der Waals surface area contributed by atoms with Crippen LogP contribution in [0.3, 0.4) is 0 Å². The Balaban J connectivity index is 1.52. The van der Waals surface area contributed by atoms with E-state index < -0.39 is 0 Å². The zero-order valence-corrected chi connectivity index (χ0v) is 13.7. The van der Waals surface area contributed by atoms with Crippen LogP contribution >= 0.6 is 0 Å². The number of benzene rings is 1. The zero-order chi connectivity index (χ0) is 14.8. The van der Waals surface area contributed by atoms with E-state index in [1.165, 1.54) is 70.0 Å². The van der Waals surface area contributed by atoms with Crippen LogP contribution in [0.4, 0.5) is 0 Å². The van der Waals surface area contributed by atoms with Crippen LogP contribution in [0.2, 0.25) is 0 Å². The standard InChI is InChI=1S/C20H29NO/c1-4-10-17(11-5-1)20(18-12-6-2-7-13-18)19(22-20)16-21-14-8-3-9-15-21/h1,4-5,10-11,18-19H,2-3,6-9,12-16H2/t19-,20+/m0/s1. The van der Waals surface area contributed by atoms with Crippen molar-refractivity contribution < 1.29 is 4.74 Å². The molecule has 1 aromatic carbocycles. The van der Waals surface area contributed by atoms with E-state index >= 15 is 0 Å². The number of piperidine rings is 1. The first-order valence-corrected chi connectivity index (χ1v) is 9.35. The Morgan fingerprint density at radius 2 is 1.59 bits per heavy atom. The van der Waals surface area contributed by atoms with Gasteiger partial charge in [-0.1, -0.05) is 56.0 Å². The predicted molar refractivity (Wildman–Crippen MR) is 89.9 cm³/mol. The molecule has 2 saturated heterocycles. The molecule has 2 aliphatic heterocycles. The summed E-state index contributed by atoms with van der Waals surface area (Å²) >= 11 is 0. The van der Waals surface area contributed by atoms with Gasteiger partial charge in [-0.05, 0) is 50.3 Å².